The van der Waals surface area contributed by atoms with E-state index in [9.17, 15) is 22.8 Å². The summed E-state index contributed by atoms with van der Waals surface area (Å²) in [5, 5.41) is 6.13. The van der Waals surface area contributed by atoms with Gasteiger partial charge in [-0.2, -0.15) is 0 Å². The van der Waals surface area contributed by atoms with Gasteiger partial charge in [0.15, 0.2) is 0 Å². The lowest BCUT2D eigenvalue weighted by molar-refractivity contribution is -0.140. The number of likely N-dealkylation sites (N-methyl/N-ethyl adjacent to an activating group) is 2. The van der Waals surface area contributed by atoms with E-state index in [4.69, 9.17) is 4.74 Å². The number of nitrogens with zero attached hydrogens (tertiary/aromatic N) is 1. The molecule has 3 N–H and O–H groups in total. The number of sulfonamides is 1. The van der Waals surface area contributed by atoms with Gasteiger partial charge in [0, 0.05) is 25.1 Å². The Hall–Kier alpha value is -2.76. The van der Waals surface area contributed by atoms with Crippen LogP contribution < -0.4 is 15.4 Å². The lowest BCUT2D eigenvalue weighted by atomic mass is 9.76. The summed E-state index contributed by atoms with van der Waals surface area (Å²) in [6.07, 6.45) is 1.58. The minimum atomic E-state index is -3.87. The molecule has 0 saturated heterocycles. The molecule has 3 amide bonds. The average molecular weight is 595 g/mol. The smallest absolute Gasteiger partial charge is 0.260 e. The first kappa shape index (κ1) is 36.3. The summed E-state index contributed by atoms with van der Waals surface area (Å²) < 4.78 is 31.2. The summed E-state index contributed by atoms with van der Waals surface area (Å²) in [6.45, 7) is 14.8. The summed E-state index contributed by atoms with van der Waals surface area (Å²) in [4.78, 5) is 41.8. The highest BCUT2D eigenvalue weighted by Gasteiger charge is 2.41. The molecule has 41 heavy (non-hydrogen) atoms. The maximum atomic E-state index is 14.0. The fraction of sp³-hybridized carbons (Fsp3) is 0.633. The Kier molecular flexibility index (Phi) is 13.2. The van der Waals surface area contributed by atoms with Crippen LogP contribution in [-0.4, -0.2) is 82.7 Å². The second-order valence-electron chi connectivity index (χ2n) is 12.4. The van der Waals surface area contributed by atoms with Gasteiger partial charge in [-0.05, 0) is 30.9 Å². The van der Waals surface area contributed by atoms with E-state index in [2.05, 4.69) is 10.6 Å². The zero-order valence-corrected chi connectivity index (χ0v) is 27.3. The van der Waals surface area contributed by atoms with Gasteiger partial charge in [-0.3, -0.25) is 14.4 Å². The van der Waals surface area contributed by atoms with Gasteiger partial charge < -0.3 is 20.3 Å². The molecule has 0 bridgehead atoms. The number of hydrogen-bond acceptors (Lipinski definition) is 7. The number of hydrogen-bond donors (Lipinski definition) is 3. The Morgan fingerprint density at radius 3 is 2.05 bits per heavy atom. The Balaban J connectivity index is 3.28. The minimum Gasteiger partial charge on any atom is -0.384 e. The molecule has 1 aromatic rings. The monoisotopic (exact) mass is 594 g/mol. The fourth-order valence-corrected chi connectivity index (χ4v) is 5.56. The molecule has 10 nitrogen and oxygen atoms in total. The van der Waals surface area contributed by atoms with Crippen LogP contribution in [0, 0.1) is 11.3 Å². The first-order valence-corrected chi connectivity index (χ1v) is 15.5. The van der Waals surface area contributed by atoms with E-state index in [1.54, 1.807) is 20.2 Å². The molecule has 11 heteroatoms. The first-order chi connectivity index (χ1) is 18.8. The summed E-state index contributed by atoms with van der Waals surface area (Å²) in [5.41, 5.74) is -0.0772. The normalized spacial score (nSPS) is 15.2. The molecule has 0 unspecified atom stereocenters. The molecule has 0 aliphatic heterocycles. The molecular formula is C30H50N4O6S. The molecule has 1 aromatic carbocycles. The lowest BCUT2D eigenvalue weighted by Crippen LogP contribution is -2.61. The molecule has 232 valence electrons. The number of benzene rings is 1. The van der Waals surface area contributed by atoms with Crippen LogP contribution in [0.3, 0.4) is 0 Å². The molecule has 0 aliphatic rings. The van der Waals surface area contributed by atoms with Crippen LogP contribution in [0.1, 0.15) is 61.0 Å². The fourth-order valence-electron chi connectivity index (χ4n) is 4.63. The van der Waals surface area contributed by atoms with Crippen LogP contribution in [0.5, 0.6) is 0 Å². The average Bonchev–Trinajstić information content (AvgIpc) is 2.87. The van der Waals surface area contributed by atoms with E-state index >= 15 is 0 Å². The lowest BCUT2D eigenvalue weighted by Gasteiger charge is -2.40. The van der Waals surface area contributed by atoms with Crippen LogP contribution in [0.25, 0.3) is 0 Å². The van der Waals surface area contributed by atoms with Crippen molar-refractivity contribution in [3.05, 3.63) is 47.5 Å². The second-order valence-corrected chi connectivity index (χ2v) is 14.2. The Labute approximate surface area is 246 Å². The van der Waals surface area contributed by atoms with Crippen LogP contribution in [0.2, 0.25) is 0 Å². The minimum absolute atomic E-state index is 0.0475. The van der Waals surface area contributed by atoms with Crippen LogP contribution in [-0.2, 0) is 34.6 Å². The summed E-state index contributed by atoms with van der Waals surface area (Å²) in [5.74, 6) is -1.87. The van der Waals surface area contributed by atoms with Crippen molar-refractivity contribution in [2.75, 3.05) is 33.6 Å². The molecule has 0 aliphatic carbocycles. The van der Waals surface area contributed by atoms with Gasteiger partial charge >= 0.3 is 0 Å². The third-order valence-electron chi connectivity index (χ3n) is 7.25. The molecule has 0 radical (unpaired) electrons. The SMILES string of the molecule is CN[C@H](C(=O)N[C@H](C(=O)N(C)[C@H](/C=C(\C)C(=O)NS(=O)(=O)CCOC)C(C)C)C(C)(C)C)C(C)(C)c1ccccc1. The van der Waals surface area contributed by atoms with Gasteiger partial charge in [-0.1, -0.05) is 84.9 Å². The maximum Gasteiger partial charge on any atom is 0.260 e. The second kappa shape index (κ2) is 14.9. The van der Waals surface area contributed by atoms with E-state index in [0.29, 0.717) is 0 Å². The van der Waals surface area contributed by atoms with Gasteiger partial charge in [0.1, 0.15) is 6.04 Å². The molecule has 0 fully saturated rings. The number of amides is 3. The van der Waals surface area contributed by atoms with Crippen LogP contribution in [0.4, 0.5) is 0 Å². The number of ether oxygens (including phenoxy) is 1. The largest absolute Gasteiger partial charge is 0.384 e. The molecular weight excluding hydrogens is 544 g/mol. The Bertz CT molecular complexity index is 1170. The number of carbonyl (C=O) groups is 3. The third-order valence-corrected chi connectivity index (χ3v) is 8.45. The number of nitrogens with one attached hydrogen (secondary N) is 3. The topological polar surface area (TPSA) is 134 Å². The predicted molar refractivity (Wildman–Crippen MR) is 163 cm³/mol. The first-order valence-electron chi connectivity index (χ1n) is 13.8. The highest BCUT2D eigenvalue weighted by Crippen LogP contribution is 2.29. The zero-order chi connectivity index (χ0) is 31.8. The van der Waals surface area contributed by atoms with E-state index in [1.165, 1.54) is 18.9 Å². The predicted octanol–water partition coefficient (Wildman–Crippen LogP) is 2.60. The summed E-state index contributed by atoms with van der Waals surface area (Å²) >= 11 is 0. The number of carbonyl (C=O) groups excluding carboxylic acids is 3. The number of methoxy groups -OCH3 is 1. The Morgan fingerprint density at radius 2 is 1.59 bits per heavy atom. The van der Waals surface area contributed by atoms with E-state index < -0.39 is 44.9 Å². The van der Waals surface area contributed by atoms with Crippen molar-refractivity contribution in [1.29, 1.82) is 0 Å². The molecule has 0 saturated carbocycles. The van der Waals surface area contributed by atoms with E-state index in [0.717, 1.165) is 5.56 Å². The summed E-state index contributed by atoms with van der Waals surface area (Å²) in [7, 11) is 0.848. The van der Waals surface area contributed by atoms with Crippen LogP contribution >= 0.6 is 0 Å². The van der Waals surface area contributed by atoms with Gasteiger partial charge in [-0.25, -0.2) is 13.1 Å². The van der Waals surface area contributed by atoms with Gasteiger partial charge in [0.05, 0.1) is 24.4 Å². The van der Waals surface area contributed by atoms with Gasteiger partial charge in [0.25, 0.3) is 5.91 Å². The van der Waals surface area contributed by atoms with E-state index in [1.807, 2.05) is 83.5 Å². The zero-order valence-electron chi connectivity index (χ0n) is 26.5. The highest BCUT2D eigenvalue weighted by molar-refractivity contribution is 7.90. The molecule has 3 atom stereocenters. The molecule has 0 spiro atoms. The van der Waals surface area contributed by atoms with Crippen molar-refractivity contribution < 1.29 is 27.5 Å². The van der Waals surface area contributed by atoms with Crippen molar-refractivity contribution in [3.8, 4) is 0 Å². The standard InChI is InChI=1S/C30H50N4O6S/c1-20(2)23(19-21(3)26(35)33-41(38,39)18-17-40-11)34(10)28(37)25(29(4,5)6)32-27(36)24(31-9)30(7,8)22-15-13-12-14-16-22/h12-16,19-20,23-25,31H,17-18H2,1-11H3,(H,32,36)(H,33,35)/b21-19+/t23-,24-,25-/m1/s1. The summed E-state index contributed by atoms with van der Waals surface area (Å²) in [6, 6.07) is 7.67. The molecule has 1 rings (SSSR count). The van der Waals surface area contributed by atoms with Crippen molar-refractivity contribution in [3.63, 3.8) is 0 Å². The van der Waals surface area contributed by atoms with Gasteiger partial charge in [0.2, 0.25) is 21.8 Å². The van der Waals surface area contributed by atoms with Crippen LogP contribution in [0.15, 0.2) is 42.0 Å². The van der Waals surface area contributed by atoms with Crippen molar-refractivity contribution in [2.24, 2.45) is 11.3 Å². The quantitative estimate of drug-likeness (QED) is 0.282. The Morgan fingerprint density at radius 1 is 1.02 bits per heavy atom. The molecule has 0 heterocycles. The van der Waals surface area contributed by atoms with Crippen molar-refractivity contribution in [1.82, 2.24) is 20.3 Å². The number of rotatable bonds is 14. The van der Waals surface area contributed by atoms with Gasteiger partial charge in [-0.15, -0.1) is 0 Å². The maximum absolute atomic E-state index is 14.0. The van der Waals surface area contributed by atoms with Crippen molar-refractivity contribution in [2.45, 2.75) is 78.9 Å². The van der Waals surface area contributed by atoms with Crippen molar-refractivity contribution >= 4 is 27.7 Å². The highest BCUT2D eigenvalue weighted by atomic mass is 32.2. The van der Waals surface area contributed by atoms with E-state index in [-0.39, 0.29) is 35.7 Å². The molecule has 0 aromatic heterocycles. The third kappa shape index (κ3) is 10.2.